The van der Waals surface area contributed by atoms with E-state index < -0.39 is 0 Å². The van der Waals surface area contributed by atoms with Gasteiger partial charge >= 0.3 is 0 Å². The van der Waals surface area contributed by atoms with E-state index in [2.05, 4.69) is 23.1 Å². The Balaban J connectivity index is 1.38. The summed E-state index contributed by atoms with van der Waals surface area (Å²) in [5, 5.41) is 4.14. The van der Waals surface area contributed by atoms with E-state index >= 15 is 0 Å². The van der Waals surface area contributed by atoms with Gasteiger partial charge < -0.3 is 4.42 Å². The predicted molar refractivity (Wildman–Crippen MR) is 80.5 cm³/mol. The van der Waals surface area contributed by atoms with Crippen molar-refractivity contribution < 1.29 is 9.21 Å². The van der Waals surface area contributed by atoms with Crippen LogP contribution in [0, 0.1) is 5.92 Å². The SMILES string of the molecule is CC1CC1c1ccc(CCC(=O)N2CCCn3ncnc32)o1. The molecule has 1 fully saturated rings. The summed E-state index contributed by atoms with van der Waals surface area (Å²) in [6.45, 7) is 3.80. The number of hydrogen-bond acceptors (Lipinski definition) is 4. The average molecular weight is 300 g/mol. The van der Waals surface area contributed by atoms with Gasteiger partial charge in [0.25, 0.3) is 0 Å². The maximum absolute atomic E-state index is 12.4. The van der Waals surface area contributed by atoms with Crippen molar-refractivity contribution in [3.8, 4) is 0 Å². The van der Waals surface area contributed by atoms with Crippen molar-refractivity contribution in [2.45, 2.75) is 45.1 Å². The zero-order chi connectivity index (χ0) is 15.1. The highest BCUT2D eigenvalue weighted by atomic mass is 16.3. The monoisotopic (exact) mass is 300 g/mol. The second-order valence-corrected chi connectivity index (χ2v) is 6.31. The molecule has 0 N–H and O–H groups in total. The Morgan fingerprint density at radius 1 is 1.41 bits per heavy atom. The molecular formula is C16H20N4O2. The summed E-state index contributed by atoms with van der Waals surface area (Å²) in [5.41, 5.74) is 0. The number of carbonyl (C=O) groups excluding carboxylic acids is 1. The van der Waals surface area contributed by atoms with Crippen LogP contribution in [0.25, 0.3) is 0 Å². The third kappa shape index (κ3) is 2.42. The first-order valence-electron chi connectivity index (χ1n) is 7.99. The fourth-order valence-corrected chi connectivity index (χ4v) is 3.15. The zero-order valence-corrected chi connectivity index (χ0v) is 12.7. The number of aromatic nitrogens is 3. The van der Waals surface area contributed by atoms with Gasteiger partial charge in [0.2, 0.25) is 11.9 Å². The van der Waals surface area contributed by atoms with E-state index in [1.54, 1.807) is 9.58 Å². The van der Waals surface area contributed by atoms with Gasteiger partial charge in [0.15, 0.2) is 0 Å². The van der Waals surface area contributed by atoms with Crippen LogP contribution >= 0.6 is 0 Å². The van der Waals surface area contributed by atoms with Crippen LogP contribution in [0.4, 0.5) is 5.95 Å². The fraction of sp³-hybridized carbons (Fsp3) is 0.562. The number of aryl methyl sites for hydroxylation is 2. The van der Waals surface area contributed by atoms with Crippen LogP contribution in [0.5, 0.6) is 0 Å². The quantitative estimate of drug-likeness (QED) is 0.869. The molecule has 1 saturated carbocycles. The van der Waals surface area contributed by atoms with Crippen LogP contribution in [0.15, 0.2) is 22.9 Å². The Morgan fingerprint density at radius 2 is 2.27 bits per heavy atom. The molecule has 2 aromatic heterocycles. The number of furan rings is 1. The minimum atomic E-state index is 0.0895. The molecule has 0 spiro atoms. The highest BCUT2D eigenvalue weighted by Gasteiger charge is 2.36. The van der Waals surface area contributed by atoms with Gasteiger partial charge in [-0.2, -0.15) is 10.1 Å². The second-order valence-electron chi connectivity index (χ2n) is 6.31. The third-order valence-corrected chi connectivity index (χ3v) is 4.63. The van der Waals surface area contributed by atoms with Gasteiger partial charge in [0.05, 0.1) is 0 Å². The van der Waals surface area contributed by atoms with E-state index in [1.807, 2.05) is 6.07 Å². The molecule has 2 aliphatic rings. The summed E-state index contributed by atoms with van der Waals surface area (Å²) in [4.78, 5) is 18.4. The molecule has 2 unspecified atom stereocenters. The summed E-state index contributed by atoms with van der Waals surface area (Å²) >= 11 is 0. The minimum Gasteiger partial charge on any atom is -0.466 e. The molecule has 2 atom stereocenters. The molecule has 0 aromatic carbocycles. The molecule has 6 heteroatoms. The lowest BCUT2D eigenvalue weighted by Crippen LogP contribution is -2.38. The summed E-state index contributed by atoms with van der Waals surface area (Å²) in [7, 11) is 0. The average Bonchev–Trinajstić information content (AvgIpc) is 2.98. The van der Waals surface area contributed by atoms with Gasteiger partial charge in [0.1, 0.15) is 17.8 Å². The maximum Gasteiger partial charge on any atom is 0.230 e. The number of amides is 1. The molecule has 1 amide bonds. The van der Waals surface area contributed by atoms with E-state index in [9.17, 15) is 4.79 Å². The first-order valence-corrected chi connectivity index (χ1v) is 7.99. The molecule has 116 valence electrons. The van der Waals surface area contributed by atoms with Crippen molar-refractivity contribution in [2.75, 3.05) is 11.4 Å². The molecule has 0 radical (unpaired) electrons. The van der Waals surface area contributed by atoms with Gasteiger partial charge in [-0.3, -0.25) is 9.69 Å². The first-order chi connectivity index (χ1) is 10.7. The van der Waals surface area contributed by atoms with E-state index in [1.165, 1.54) is 12.7 Å². The Morgan fingerprint density at radius 3 is 3.09 bits per heavy atom. The Labute approximate surface area is 129 Å². The van der Waals surface area contributed by atoms with Crippen LogP contribution in [-0.4, -0.2) is 27.2 Å². The van der Waals surface area contributed by atoms with Gasteiger partial charge in [-0.25, -0.2) is 4.68 Å². The topological polar surface area (TPSA) is 64.2 Å². The van der Waals surface area contributed by atoms with Crippen LogP contribution in [-0.2, 0) is 17.8 Å². The number of fused-ring (bicyclic) bond motifs is 1. The molecule has 22 heavy (non-hydrogen) atoms. The number of anilines is 1. The lowest BCUT2D eigenvalue weighted by Gasteiger charge is -2.25. The van der Waals surface area contributed by atoms with Gasteiger partial charge in [-0.15, -0.1) is 0 Å². The van der Waals surface area contributed by atoms with E-state index in [0.29, 0.717) is 24.7 Å². The smallest absolute Gasteiger partial charge is 0.230 e. The highest BCUT2D eigenvalue weighted by Crippen LogP contribution is 2.47. The molecule has 2 aromatic rings. The van der Waals surface area contributed by atoms with Crippen molar-refractivity contribution in [1.29, 1.82) is 0 Å². The predicted octanol–water partition coefficient (Wildman–Crippen LogP) is 2.36. The van der Waals surface area contributed by atoms with E-state index in [4.69, 9.17) is 4.42 Å². The van der Waals surface area contributed by atoms with Crippen molar-refractivity contribution in [1.82, 2.24) is 14.8 Å². The first kappa shape index (κ1) is 13.5. The van der Waals surface area contributed by atoms with E-state index in [-0.39, 0.29) is 5.91 Å². The molecular weight excluding hydrogens is 280 g/mol. The number of nitrogens with zero attached hydrogens (tertiary/aromatic N) is 4. The minimum absolute atomic E-state index is 0.0895. The van der Waals surface area contributed by atoms with Crippen molar-refractivity contribution in [2.24, 2.45) is 5.92 Å². The van der Waals surface area contributed by atoms with Crippen molar-refractivity contribution in [3.63, 3.8) is 0 Å². The fourth-order valence-electron chi connectivity index (χ4n) is 3.15. The van der Waals surface area contributed by atoms with Crippen LogP contribution in [0.2, 0.25) is 0 Å². The van der Waals surface area contributed by atoms with Crippen LogP contribution in [0.3, 0.4) is 0 Å². The Hall–Kier alpha value is -2.11. The lowest BCUT2D eigenvalue weighted by atomic mass is 10.2. The molecule has 1 aliphatic carbocycles. The normalized spacial score (nSPS) is 23.4. The number of hydrogen-bond donors (Lipinski definition) is 0. The van der Waals surface area contributed by atoms with Crippen molar-refractivity contribution >= 4 is 11.9 Å². The second kappa shape index (κ2) is 5.26. The van der Waals surface area contributed by atoms with Gasteiger partial charge in [-0.1, -0.05) is 6.92 Å². The summed E-state index contributed by atoms with van der Waals surface area (Å²) in [6, 6.07) is 4.07. The molecule has 0 saturated heterocycles. The summed E-state index contributed by atoms with van der Waals surface area (Å²) in [6.07, 6.45) is 4.74. The third-order valence-electron chi connectivity index (χ3n) is 4.63. The van der Waals surface area contributed by atoms with Crippen LogP contribution < -0.4 is 4.90 Å². The number of rotatable bonds is 4. The lowest BCUT2D eigenvalue weighted by molar-refractivity contribution is -0.118. The maximum atomic E-state index is 12.4. The Bertz CT molecular complexity index is 690. The Kier molecular flexibility index (Phi) is 3.24. The molecule has 1 aliphatic heterocycles. The summed E-state index contributed by atoms with van der Waals surface area (Å²) < 4.78 is 7.66. The zero-order valence-electron chi connectivity index (χ0n) is 12.7. The molecule has 6 nitrogen and oxygen atoms in total. The molecule has 3 heterocycles. The highest BCUT2D eigenvalue weighted by molar-refractivity contribution is 5.91. The largest absolute Gasteiger partial charge is 0.466 e. The number of carbonyl (C=O) groups is 1. The molecule has 0 bridgehead atoms. The summed E-state index contributed by atoms with van der Waals surface area (Å²) in [5.74, 6) is 4.06. The van der Waals surface area contributed by atoms with Crippen LogP contribution in [0.1, 0.15) is 43.6 Å². The molecule has 4 rings (SSSR count). The standard InChI is InChI=1S/C16H20N4O2/c1-11-9-13(11)14-5-3-12(22-14)4-6-15(21)19-7-2-8-20-16(19)17-10-18-20/h3,5,10-11,13H,2,4,6-9H2,1H3. The van der Waals surface area contributed by atoms with Gasteiger partial charge in [0, 0.05) is 31.8 Å². The van der Waals surface area contributed by atoms with E-state index in [0.717, 1.165) is 36.9 Å². The van der Waals surface area contributed by atoms with Crippen molar-refractivity contribution in [3.05, 3.63) is 30.0 Å². The van der Waals surface area contributed by atoms with Gasteiger partial charge in [-0.05, 0) is 30.9 Å².